The number of rotatable bonds is 5. The Morgan fingerprint density at radius 1 is 1.17 bits per heavy atom. The van der Waals surface area contributed by atoms with Gasteiger partial charge in [0.05, 0.1) is 18.5 Å². The summed E-state index contributed by atoms with van der Waals surface area (Å²) in [6.07, 6.45) is 4.12. The lowest BCUT2D eigenvalue weighted by molar-refractivity contribution is 0.101. The van der Waals surface area contributed by atoms with Crippen LogP contribution in [0, 0.1) is 5.92 Å². The molecular formula is C19H22N2O2. The van der Waals surface area contributed by atoms with E-state index in [2.05, 4.69) is 10.3 Å². The number of piperidine rings is 1. The van der Waals surface area contributed by atoms with Crippen LogP contribution in [-0.4, -0.2) is 30.5 Å². The van der Waals surface area contributed by atoms with Gasteiger partial charge in [0, 0.05) is 11.1 Å². The molecule has 0 aliphatic carbocycles. The highest BCUT2D eigenvalue weighted by molar-refractivity contribution is 5.94. The number of hydrogen-bond donors (Lipinski definition) is 1. The molecule has 4 heteroatoms. The molecule has 0 unspecified atom stereocenters. The number of nitrogens with zero attached hydrogens (tertiary/aromatic N) is 1. The van der Waals surface area contributed by atoms with E-state index >= 15 is 0 Å². The molecule has 1 fully saturated rings. The molecule has 3 rings (SSSR count). The number of carbonyl (C=O) groups excluding carboxylic acids is 1. The highest BCUT2D eigenvalue weighted by Crippen LogP contribution is 2.21. The van der Waals surface area contributed by atoms with Crippen molar-refractivity contribution in [3.05, 3.63) is 48.2 Å². The average Bonchev–Trinajstić information content (AvgIpc) is 2.61. The zero-order valence-electron chi connectivity index (χ0n) is 13.4. The summed E-state index contributed by atoms with van der Waals surface area (Å²) in [5, 5.41) is 3.36. The van der Waals surface area contributed by atoms with Crippen molar-refractivity contribution in [1.82, 2.24) is 10.3 Å². The van der Waals surface area contributed by atoms with Crippen LogP contribution >= 0.6 is 0 Å². The Labute approximate surface area is 136 Å². The third-order valence-electron chi connectivity index (χ3n) is 4.27. The summed E-state index contributed by atoms with van der Waals surface area (Å²) in [6, 6.07) is 11.4. The molecule has 120 valence electrons. The van der Waals surface area contributed by atoms with E-state index in [1.807, 2.05) is 36.4 Å². The fourth-order valence-corrected chi connectivity index (χ4v) is 2.77. The van der Waals surface area contributed by atoms with E-state index in [1.165, 1.54) is 12.8 Å². The number of benzene rings is 1. The molecule has 1 aliphatic rings. The van der Waals surface area contributed by atoms with Crippen molar-refractivity contribution in [2.45, 2.75) is 19.8 Å². The van der Waals surface area contributed by atoms with Gasteiger partial charge in [-0.15, -0.1) is 0 Å². The molecule has 1 aromatic heterocycles. The number of nitrogens with one attached hydrogen (secondary N) is 1. The number of Topliss-reactive ketones (excluding diaryl/α,β-unsaturated/α-hetero) is 1. The lowest BCUT2D eigenvalue weighted by Gasteiger charge is -2.22. The molecular weight excluding hydrogens is 288 g/mol. The number of pyridine rings is 1. The van der Waals surface area contributed by atoms with Gasteiger partial charge in [-0.2, -0.15) is 0 Å². The first-order valence-electron chi connectivity index (χ1n) is 8.13. The van der Waals surface area contributed by atoms with Gasteiger partial charge in [0.15, 0.2) is 5.78 Å². The Morgan fingerprint density at radius 3 is 2.52 bits per heavy atom. The molecule has 1 aromatic carbocycles. The van der Waals surface area contributed by atoms with Crippen LogP contribution in [0.1, 0.15) is 30.1 Å². The fourth-order valence-electron chi connectivity index (χ4n) is 2.77. The molecule has 1 N–H and O–H groups in total. The lowest BCUT2D eigenvalue weighted by atomic mass is 9.99. The van der Waals surface area contributed by atoms with Gasteiger partial charge in [0.25, 0.3) is 0 Å². The molecule has 0 radical (unpaired) electrons. The van der Waals surface area contributed by atoms with Crippen LogP contribution in [0.5, 0.6) is 5.75 Å². The van der Waals surface area contributed by atoms with Crippen molar-refractivity contribution in [2.24, 2.45) is 5.92 Å². The fraction of sp³-hybridized carbons (Fsp3) is 0.368. The van der Waals surface area contributed by atoms with Gasteiger partial charge in [-0.25, -0.2) is 0 Å². The standard InChI is InChI=1S/C19H22N2O2/c1-14(22)16-2-4-17(5-3-16)19-7-6-18(12-21-19)23-13-15-8-10-20-11-9-15/h2-7,12,15,20H,8-11,13H2,1H3. The van der Waals surface area contributed by atoms with Gasteiger partial charge >= 0.3 is 0 Å². The normalized spacial score (nSPS) is 15.3. The zero-order valence-corrected chi connectivity index (χ0v) is 13.4. The highest BCUT2D eigenvalue weighted by atomic mass is 16.5. The lowest BCUT2D eigenvalue weighted by Crippen LogP contribution is -2.30. The first kappa shape index (κ1) is 15.7. The molecule has 0 spiro atoms. The minimum Gasteiger partial charge on any atom is -0.492 e. The smallest absolute Gasteiger partial charge is 0.159 e. The molecule has 0 atom stereocenters. The molecule has 0 amide bonds. The summed E-state index contributed by atoms with van der Waals surface area (Å²) in [7, 11) is 0. The third kappa shape index (κ3) is 4.17. The Kier molecular flexibility index (Phi) is 5.03. The van der Waals surface area contributed by atoms with Crippen LogP contribution in [0.2, 0.25) is 0 Å². The van der Waals surface area contributed by atoms with Crippen molar-refractivity contribution in [2.75, 3.05) is 19.7 Å². The summed E-state index contributed by atoms with van der Waals surface area (Å²) in [4.78, 5) is 15.8. The quantitative estimate of drug-likeness (QED) is 0.861. The topological polar surface area (TPSA) is 51.2 Å². The average molecular weight is 310 g/mol. The van der Waals surface area contributed by atoms with E-state index in [9.17, 15) is 4.79 Å². The molecule has 1 aliphatic heterocycles. The first-order chi connectivity index (χ1) is 11.2. The minimum absolute atomic E-state index is 0.0752. The Morgan fingerprint density at radius 2 is 1.91 bits per heavy atom. The van der Waals surface area contributed by atoms with E-state index in [4.69, 9.17) is 4.74 Å². The van der Waals surface area contributed by atoms with Gasteiger partial charge in [-0.1, -0.05) is 24.3 Å². The SMILES string of the molecule is CC(=O)c1ccc(-c2ccc(OCC3CCNCC3)cn2)cc1. The van der Waals surface area contributed by atoms with Gasteiger partial charge < -0.3 is 10.1 Å². The minimum atomic E-state index is 0.0752. The second-order valence-electron chi connectivity index (χ2n) is 6.02. The molecule has 0 saturated carbocycles. The molecule has 2 aromatic rings. The predicted octanol–water partition coefficient (Wildman–Crippen LogP) is 3.33. The number of carbonyl (C=O) groups is 1. The number of ketones is 1. The summed E-state index contributed by atoms with van der Waals surface area (Å²) >= 11 is 0. The van der Waals surface area contributed by atoms with Crippen molar-refractivity contribution in [3.8, 4) is 17.0 Å². The van der Waals surface area contributed by atoms with Crippen molar-refractivity contribution in [3.63, 3.8) is 0 Å². The van der Waals surface area contributed by atoms with Crippen molar-refractivity contribution < 1.29 is 9.53 Å². The molecule has 23 heavy (non-hydrogen) atoms. The second kappa shape index (κ2) is 7.38. The maximum atomic E-state index is 11.3. The van der Waals surface area contributed by atoms with Crippen LogP contribution in [0.4, 0.5) is 0 Å². The maximum absolute atomic E-state index is 11.3. The van der Waals surface area contributed by atoms with E-state index in [1.54, 1.807) is 13.1 Å². The van der Waals surface area contributed by atoms with Crippen LogP contribution < -0.4 is 10.1 Å². The largest absolute Gasteiger partial charge is 0.492 e. The molecule has 2 heterocycles. The van der Waals surface area contributed by atoms with E-state index in [-0.39, 0.29) is 5.78 Å². The first-order valence-corrected chi connectivity index (χ1v) is 8.13. The van der Waals surface area contributed by atoms with E-state index in [0.29, 0.717) is 5.92 Å². The number of aromatic nitrogens is 1. The van der Waals surface area contributed by atoms with Gasteiger partial charge in [-0.05, 0) is 50.9 Å². The Balaban J connectivity index is 1.61. The van der Waals surface area contributed by atoms with E-state index in [0.717, 1.165) is 42.3 Å². The summed E-state index contributed by atoms with van der Waals surface area (Å²) in [5.74, 6) is 1.52. The third-order valence-corrected chi connectivity index (χ3v) is 4.27. The second-order valence-corrected chi connectivity index (χ2v) is 6.02. The van der Waals surface area contributed by atoms with Crippen molar-refractivity contribution in [1.29, 1.82) is 0 Å². The van der Waals surface area contributed by atoms with Gasteiger partial charge in [-0.3, -0.25) is 9.78 Å². The van der Waals surface area contributed by atoms with Gasteiger partial charge in [0.2, 0.25) is 0 Å². The van der Waals surface area contributed by atoms with E-state index < -0.39 is 0 Å². The number of hydrogen-bond acceptors (Lipinski definition) is 4. The van der Waals surface area contributed by atoms with Crippen LogP contribution in [0.3, 0.4) is 0 Å². The maximum Gasteiger partial charge on any atom is 0.159 e. The summed E-state index contributed by atoms with van der Waals surface area (Å²) in [6.45, 7) is 4.50. The Bertz CT molecular complexity index is 644. The number of ether oxygens (including phenoxy) is 1. The van der Waals surface area contributed by atoms with Gasteiger partial charge in [0.1, 0.15) is 5.75 Å². The van der Waals surface area contributed by atoms with Crippen LogP contribution in [0.15, 0.2) is 42.6 Å². The molecule has 1 saturated heterocycles. The van der Waals surface area contributed by atoms with Crippen LogP contribution in [-0.2, 0) is 0 Å². The molecule has 4 nitrogen and oxygen atoms in total. The summed E-state index contributed by atoms with van der Waals surface area (Å²) < 4.78 is 5.85. The molecule has 0 bridgehead atoms. The van der Waals surface area contributed by atoms with Crippen LogP contribution in [0.25, 0.3) is 11.3 Å². The predicted molar refractivity (Wildman–Crippen MR) is 90.8 cm³/mol. The van der Waals surface area contributed by atoms with Crippen molar-refractivity contribution >= 4 is 5.78 Å². The zero-order chi connectivity index (χ0) is 16.1. The monoisotopic (exact) mass is 310 g/mol. The Hall–Kier alpha value is -2.20. The highest BCUT2D eigenvalue weighted by Gasteiger charge is 2.13. The summed E-state index contributed by atoms with van der Waals surface area (Å²) in [5.41, 5.74) is 2.60.